The highest BCUT2D eigenvalue weighted by molar-refractivity contribution is 5.76. The maximum atomic E-state index is 11.5. The molecule has 0 aliphatic heterocycles. The molecule has 0 aliphatic carbocycles. The minimum Gasteiger partial charge on any atom is -0.267 e. The molecule has 0 unspecified atom stereocenters. The first-order valence-corrected chi connectivity index (χ1v) is 5.55. The van der Waals surface area contributed by atoms with Crippen LogP contribution in [0.25, 0.3) is 10.9 Å². The Hall–Kier alpha value is -2.56. The van der Waals surface area contributed by atoms with Crippen LogP contribution in [0.5, 0.6) is 0 Å². The van der Waals surface area contributed by atoms with Crippen molar-refractivity contribution in [2.75, 3.05) is 0 Å². The number of nitrogens with one attached hydrogen (secondary N) is 1. The van der Waals surface area contributed by atoms with E-state index in [1.54, 1.807) is 24.7 Å². The lowest BCUT2D eigenvalue weighted by molar-refractivity contribution is 0.996. The highest BCUT2D eigenvalue weighted by Crippen LogP contribution is 2.10. The first-order chi connectivity index (χ1) is 8.83. The Kier molecular flexibility index (Phi) is 2.57. The summed E-state index contributed by atoms with van der Waals surface area (Å²) < 4.78 is 0. The topological polar surface area (TPSA) is 71.5 Å². The second-order valence-electron chi connectivity index (χ2n) is 3.97. The number of nitrogens with zero attached hydrogens (tertiary/aromatic N) is 3. The fraction of sp³-hybridized carbons (Fsp3) is 0.0769. The van der Waals surface area contributed by atoms with Crippen LogP contribution < -0.4 is 5.56 Å². The number of rotatable bonds is 2. The summed E-state index contributed by atoms with van der Waals surface area (Å²) in [5.41, 5.74) is 2.44. The fourth-order valence-corrected chi connectivity index (χ4v) is 1.83. The molecular weight excluding hydrogens is 228 g/mol. The van der Waals surface area contributed by atoms with E-state index < -0.39 is 0 Å². The van der Waals surface area contributed by atoms with Crippen molar-refractivity contribution in [1.82, 2.24) is 20.2 Å². The van der Waals surface area contributed by atoms with Gasteiger partial charge in [0.15, 0.2) is 0 Å². The molecule has 88 valence electrons. The smallest absolute Gasteiger partial charge is 0.267 e. The predicted octanol–water partition coefficient (Wildman–Crippen LogP) is 1.30. The summed E-state index contributed by atoms with van der Waals surface area (Å²) in [7, 11) is 0. The van der Waals surface area contributed by atoms with Gasteiger partial charge in [0.2, 0.25) is 0 Å². The summed E-state index contributed by atoms with van der Waals surface area (Å²) in [5.74, 6) is 0. The fourth-order valence-electron chi connectivity index (χ4n) is 1.83. The number of aromatic nitrogens is 4. The van der Waals surface area contributed by atoms with Crippen LogP contribution in [0.1, 0.15) is 11.3 Å². The third kappa shape index (κ3) is 1.98. The van der Waals surface area contributed by atoms with Crippen molar-refractivity contribution >= 4 is 10.9 Å². The van der Waals surface area contributed by atoms with Crippen molar-refractivity contribution in [1.29, 1.82) is 0 Å². The predicted molar refractivity (Wildman–Crippen MR) is 67.2 cm³/mol. The molecule has 3 heterocycles. The van der Waals surface area contributed by atoms with Crippen molar-refractivity contribution in [2.45, 2.75) is 6.42 Å². The molecular formula is C13H10N4O. The minimum absolute atomic E-state index is 0.213. The van der Waals surface area contributed by atoms with Gasteiger partial charge in [-0.05, 0) is 29.8 Å². The summed E-state index contributed by atoms with van der Waals surface area (Å²) in [6.45, 7) is 0. The lowest BCUT2D eigenvalue weighted by Crippen LogP contribution is -2.08. The number of aromatic amines is 1. The zero-order valence-corrected chi connectivity index (χ0v) is 9.50. The van der Waals surface area contributed by atoms with Gasteiger partial charge in [0.1, 0.15) is 0 Å². The number of fused-ring (bicyclic) bond motifs is 1. The molecule has 0 atom stereocenters. The maximum Gasteiger partial charge on any atom is 0.273 e. The SMILES string of the molecule is O=c1[nH]ncc2nc(Cc3ccncc3)ccc12. The van der Waals surface area contributed by atoms with Crippen LogP contribution in [0.15, 0.2) is 47.7 Å². The summed E-state index contributed by atoms with van der Waals surface area (Å²) in [5, 5.41) is 6.70. The van der Waals surface area contributed by atoms with Gasteiger partial charge in [-0.1, -0.05) is 0 Å². The van der Waals surface area contributed by atoms with E-state index in [4.69, 9.17) is 0 Å². The second kappa shape index (κ2) is 4.37. The van der Waals surface area contributed by atoms with E-state index >= 15 is 0 Å². The molecule has 18 heavy (non-hydrogen) atoms. The average molecular weight is 238 g/mol. The molecule has 0 amide bonds. The van der Waals surface area contributed by atoms with Gasteiger partial charge in [0.05, 0.1) is 17.1 Å². The van der Waals surface area contributed by atoms with Crippen LogP contribution in [-0.2, 0) is 6.42 Å². The van der Waals surface area contributed by atoms with Gasteiger partial charge in [-0.25, -0.2) is 5.10 Å². The average Bonchev–Trinajstić information content (AvgIpc) is 2.40. The van der Waals surface area contributed by atoms with E-state index in [-0.39, 0.29) is 5.56 Å². The Balaban J connectivity index is 2.02. The number of H-pyrrole nitrogens is 1. The first kappa shape index (κ1) is 10.6. The molecule has 3 rings (SSSR count). The van der Waals surface area contributed by atoms with E-state index in [9.17, 15) is 4.79 Å². The van der Waals surface area contributed by atoms with Gasteiger partial charge >= 0.3 is 0 Å². The Morgan fingerprint density at radius 3 is 2.78 bits per heavy atom. The van der Waals surface area contributed by atoms with E-state index in [1.807, 2.05) is 18.2 Å². The summed E-state index contributed by atoms with van der Waals surface area (Å²) in [6.07, 6.45) is 5.78. The van der Waals surface area contributed by atoms with E-state index in [0.29, 0.717) is 17.3 Å². The molecule has 5 heteroatoms. The van der Waals surface area contributed by atoms with Crippen molar-refractivity contribution in [3.63, 3.8) is 0 Å². The Morgan fingerprint density at radius 1 is 1.11 bits per heavy atom. The summed E-state index contributed by atoms with van der Waals surface area (Å²) in [6, 6.07) is 7.53. The van der Waals surface area contributed by atoms with E-state index in [0.717, 1.165) is 11.3 Å². The van der Waals surface area contributed by atoms with E-state index in [2.05, 4.69) is 20.2 Å². The van der Waals surface area contributed by atoms with Crippen LogP contribution in [0.4, 0.5) is 0 Å². The molecule has 0 radical (unpaired) electrons. The highest BCUT2D eigenvalue weighted by atomic mass is 16.1. The maximum absolute atomic E-state index is 11.5. The zero-order chi connectivity index (χ0) is 12.4. The standard InChI is InChI=1S/C13H10N4O/c18-13-11-2-1-10(16-12(11)8-15-17-13)7-9-3-5-14-6-4-9/h1-6,8H,7H2,(H,17,18). The quantitative estimate of drug-likeness (QED) is 0.730. The third-order valence-corrected chi connectivity index (χ3v) is 2.71. The normalized spacial score (nSPS) is 10.7. The van der Waals surface area contributed by atoms with Crippen LogP contribution in [-0.4, -0.2) is 20.2 Å². The van der Waals surface area contributed by atoms with Crippen molar-refractivity contribution in [3.05, 3.63) is 64.5 Å². The van der Waals surface area contributed by atoms with Crippen LogP contribution in [0.2, 0.25) is 0 Å². The number of hydrogen-bond acceptors (Lipinski definition) is 4. The van der Waals surface area contributed by atoms with Crippen molar-refractivity contribution in [2.24, 2.45) is 0 Å². The minimum atomic E-state index is -0.213. The molecule has 3 aromatic heterocycles. The molecule has 1 N–H and O–H groups in total. The summed E-state index contributed by atoms with van der Waals surface area (Å²) >= 11 is 0. The number of hydrogen-bond donors (Lipinski definition) is 1. The molecule has 0 aliphatic rings. The zero-order valence-electron chi connectivity index (χ0n) is 9.50. The highest BCUT2D eigenvalue weighted by Gasteiger charge is 2.02. The van der Waals surface area contributed by atoms with Gasteiger partial charge in [-0.15, -0.1) is 0 Å². The second-order valence-corrected chi connectivity index (χ2v) is 3.97. The Labute approximate surface area is 103 Å². The lowest BCUT2D eigenvalue weighted by Gasteiger charge is -2.02. The van der Waals surface area contributed by atoms with Crippen LogP contribution in [0, 0.1) is 0 Å². The number of pyridine rings is 2. The molecule has 0 saturated heterocycles. The van der Waals surface area contributed by atoms with Crippen molar-refractivity contribution in [3.8, 4) is 0 Å². The van der Waals surface area contributed by atoms with Gasteiger partial charge in [-0.3, -0.25) is 14.8 Å². The van der Waals surface area contributed by atoms with E-state index in [1.165, 1.54) is 0 Å². The molecule has 0 saturated carbocycles. The van der Waals surface area contributed by atoms with Crippen molar-refractivity contribution < 1.29 is 0 Å². The molecule has 0 bridgehead atoms. The Bertz CT molecular complexity index is 737. The molecule has 0 spiro atoms. The molecule has 0 aromatic carbocycles. The Morgan fingerprint density at radius 2 is 1.94 bits per heavy atom. The van der Waals surface area contributed by atoms with Gasteiger partial charge < -0.3 is 0 Å². The first-order valence-electron chi connectivity index (χ1n) is 5.55. The lowest BCUT2D eigenvalue weighted by atomic mass is 10.1. The van der Waals surface area contributed by atoms with Gasteiger partial charge in [-0.2, -0.15) is 5.10 Å². The monoisotopic (exact) mass is 238 g/mol. The third-order valence-electron chi connectivity index (χ3n) is 2.71. The molecule has 0 fully saturated rings. The summed E-state index contributed by atoms with van der Waals surface area (Å²) in [4.78, 5) is 19.9. The van der Waals surface area contributed by atoms with Gasteiger partial charge in [0.25, 0.3) is 5.56 Å². The van der Waals surface area contributed by atoms with Crippen LogP contribution >= 0.6 is 0 Å². The molecule has 3 aromatic rings. The molecule has 5 nitrogen and oxygen atoms in total. The van der Waals surface area contributed by atoms with Gasteiger partial charge in [0, 0.05) is 24.5 Å². The van der Waals surface area contributed by atoms with Crippen LogP contribution in [0.3, 0.4) is 0 Å². The largest absolute Gasteiger partial charge is 0.273 e.